The van der Waals surface area contributed by atoms with Gasteiger partial charge < -0.3 is 15.4 Å². The van der Waals surface area contributed by atoms with E-state index in [-0.39, 0.29) is 21.5 Å². The first kappa shape index (κ1) is 19.8. The van der Waals surface area contributed by atoms with Crippen molar-refractivity contribution in [2.45, 2.75) is 6.92 Å². The Labute approximate surface area is 160 Å². The Morgan fingerprint density at radius 3 is 2.35 bits per heavy atom. The highest BCUT2D eigenvalue weighted by Gasteiger charge is 2.17. The predicted molar refractivity (Wildman–Crippen MR) is 99.8 cm³/mol. The van der Waals surface area contributed by atoms with Gasteiger partial charge in [0.25, 0.3) is 11.8 Å². The van der Waals surface area contributed by atoms with Gasteiger partial charge in [0.1, 0.15) is 0 Å². The minimum atomic E-state index is -0.799. The molecule has 2 aromatic rings. The molecule has 0 fully saturated rings. The molecule has 0 bridgehead atoms. The highest BCUT2D eigenvalue weighted by molar-refractivity contribution is 6.39. The van der Waals surface area contributed by atoms with Crippen LogP contribution in [0.15, 0.2) is 42.5 Å². The quantitative estimate of drug-likeness (QED) is 0.733. The van der Waals surface area contributed by atoms with E-state index in [0.29, 0.717) is 17.8 Å². The Morgan fingerprint density at radius 2 is 1.69 bits per heavy atom. The fraction of sp³-hybridized carbons (Fsp3) is 0.167. The summed E-state index contributed by atoms with van der Waals surface area (Å²) in [6, 6.07) is 11.0. The number of benzene rings is 2. The van der Waals surface area contributed by atoms with E-state index in [1.165, 1.54) is 18.2 Å². The van der Waals surface area contributed by atoms with Crippen LogP contribution in [0.2, 0.25) is 10.0 Å². The topological polar surface area (TPSA) is 84.5 Å². The zero-order chi connectivity index (χ0) is 19.1. The van der Waals surface area contributed by atoms with Gasteiger partial charge in [-0.3, -0.25) is 9.59 Å². The van der Waals surface area contributed by atoms with Gasteiger partial charge in [0, 0.05) is 17.8 Å². The molecule has 0 aromatic heterocycles. The molecule has 0 radical (unpaired) electrons. The molecule has 0 aliphatic rings. The zero-order valence-corrected chi connectivity index (χ0v) is 15.4. The van der Waals surface area contributed by atoms with Gasteiger partial charge in [-0.1, -0.05) is 35.3 Å². The fourth-order valence-electron chi connectivity index (χ4n) is 2.09. The smallest absolute Gasteiger partial charge is 0.341 e. The van der Waals surface area contributed by atoms with Crippen molar-refractivity contribution in [1.82, 2.24) is 5.32 Å². The van der Waals surface area contributed by atoms with Crippen molar-refractivity contribution in [3.05, 3.63) is 63.6 Å². The average molecular weight is 395 g/mol. The van der Waals surface area contributed by atoms with E-state index in [4.69, 9.17) is 27.9 Å². The van der Waals surface area contributed by atoms with E-state index in [1.54, 1.807) is 24.3 Å². The largest absolute Gasteiger partial charge is 0.452 e. The van der Waals surface area contributed by atoms with Gasteiger partial charge in [0.05, 0.1) is 15.6 Å². The number of halogens is 2. The Hall–Kier alpha value is -2.57. The molecule has 0 aliphatic heterocycles. The van der Waals surface area contributed by atoms with Crippen molar-refractivity contribution >= 4 is 46.7 Å². The van der Waals surface area contributed by atoms with Crippen molar-refractivity contribution in [2.75, 3.05) is 18.5 Å². The molecule has 0 saturated heterocycles. The standard InChI is InChI=1S/C18H16Cl2N2O4/c1-2-21-17(24)11-5-3-6-12(9-11)22-15(23)10-26-18(25)16-13(19)7-4-8-14(16)20/h3-9H,2,10H2,1H3,(H,21,24)(H,22,23). The second-order valence-corrected chi connectivity index (χ2v) is 5.98. The molecule has 0 aliphatic carbocycles. The normalized spacial score (nSPS) is 10.1. The Bertz CT molecular complexity index is 819. The average Bonchev–Trinajstić information content (AvgIpc) is 2.60. The molecule has 2 amide bonds. The van der Waals surface area contributed by atoms with Crippen molar-refractivity contribution in [1.29, 1.82) is 0 Å². The third-order valence-corrected chi connectivity index (χ3v) is 3.88. The molecule has 0 unspecified atom stereocenters. The highest BCUT2D eigenvalue weighted by Crippen LogP contribution is 2.24. The summed E-state index contributed by atoms with van der Waals surface area (Å²) in [5.74, 6) is -1.61. The van der Waals surface area contributed by atoms with Gasteiger partial charge in [-0.05, 0) is 37.3 Å². The maximum Gasteiger partial charge on any atom is 0.341 e. The molecule has 6 nitrogen and oxygen atoms in total. The highest BCUT2D eigenvalue weighted by atomic mass is 35.5. The minimum absolute atomic E-state index is 0.00173. The van der Waals surface area contributed by atoms with Crippen LogP contribution in [-0.2, 0) is 9.53 Å². The molecule has 0 saturated carbocycles. The second-order valence-electron chi connectivity index (χ2n) is 5.16. The molecule has 2 N–H and O–H groups in total. The lowest BCUT2D eigenvalue weighted by Crippen LogP contribution is -2.23. The van der Waals surface area contributed by atoms with Crippen LogP contribution in [0.1, 0.15) is 27.6 Å². The number of anilines is 1. The van der Waals surface area contributed by atoms with E-state index < -0.39 is 18.5 Å². The van der Waals surface area contributed by atoms with Crippen molar-refractivity contribution < 1.29 is 19.1 Å². The van der Waals surface area contributed by atoms with Crippen LogP contribution in [0.4, 0.5) is 5.69 Å². The number of hydrogen-bond donors (Lipinski definition) is 2. The number of rotatable bonds is 6. The van der Waals surface area contributed by atoms with Crippen molar-refractivity contribution in [2.24, 2.45) is 0 Å². The summed E-state index contributed by atoms with van der Waals surface area (Å²) < 4.78 is 4.94. The number of nitrogens with one attached hydrogen (secondary N) is 2. The summed E-state index contributed by atoms with van der Waals surface area (Å²) in [5.41, 5.74) is 0.817. The number of carbonyl (C=O) groups is 3. The third-order valence-electron chi connectivity index (χ3n) is 3.25. The lowest BCUT2D eigenvalue weighted by molar-refractivity contribution is -0.119. The molecule has 2 aromatic carbocycles. The summed E-state index contributed by atoms with van der Waals surface area (Å²) in [4.78, 5) is 35.8. The van der Waals surface area contributed by atoms with E-state index in [2.05, 4.69) is 10.6 Å². The number of esters is 1. The van der Waals surface area contributed by atoms with E-state index in [9.17, 15) is 14.4 Å². The lowest BCUT2D eigenvalue weighted by atomic mass is 10.2. The Morgan fingerprint density at radius 1 is 1.04 bits per heavy atom. The van der Waals surface area contributed by atoms with E-state index >= 15 is 0 Å². The summed E-state index contributed by atoms with van der Waals surface area (Å²) in [6.07, 6.45) is 0. The Balaban J connectivity index is 1.96. The molecule has 0 atom stereocenters. The zero-order valence-electron chi connectivity index (χ0n) is 13.8. The first-order chi connectivity index (χ1) is 12.4. The van der Waals surface area contributed by atoms with Gasteiger partial charge in [-0.2, -0.15) is 0 Å². The second kappa shape index (κ2) is 9.22. The third kappa shape index (κ3) is 5.21. The summed E-state index contributed by atoms with van der Waals surface area (Å²) >= 11 is 11.8. The van der Waals surface area contributed by atoms with E-state index in [0.717, 1.165) is 0 Å². The SMILES string of the molecule is CCNC(=O)c1cccc(NC(=O)COC(=O)c2c(Cl)cccc2Cl)c1. The molecule has 0 spiro atoms. The van der Waals surface area contributed by atoms with E-state index in [1.807, 2.05) is 6.92 Å². The van der Waals surface area contributed by atoms with Gasteiger partial charge in [-0.15, -0.1) is 0 Å². The fourth-order valence-corrected chi connectivity index (χ4v) is 2.65. The molecule has 0 heterocycles. The number of hydrogen-bond acceptors (Lipinski definition) is 4. The maximum absolute atomic E-state index is 12.0. The van der Waals surface area contributed by atoms with Crippen molar-refractivity contribution in [3.63, 3.8) is 0 Å². The molecular weight excluding hydrogens is 379 g/mol. The molecule has 2 rings (SSSR count). The number of ether oxygens (including phenoxy) is 1. The molecular formula is C18H16Cl2N2O4. The maximum atomic E-state index is 12.0. The number of amides is 2. The summed E-state index contributed by atoms with van der Waals surface area (Å²) in [7, 11) is 0. The van der Waals surface area contributed by atoms with Gasteiger partial charge in [0.2, 0.25) is 0 Å². The van der Waals surface area contributed by atoms with Gasteiger partial charge in [0.15, 0.2) is 6.61 Å². The Kier molecular flexibility index (Phi) is 7.00. The monoisotopic (exact) mass is 394 g/mol. The minimum Gasteiger partial charge on any atom is -0.452 e. The van der Waals surface area contributed by atoms with Crippen LogP contribution in [0.5, 0.6) is 0 Å². The molecule has 136 valence electrons. The molecule has 26 heavy (non-hydrogen) atoms. The summed E-state index contributed by atoms with van der Waals surface area (Å²) in [5, 5.41) is 5.49. The van der Waals surface area contributed by atoms with Gasteiger partial charge in [-0.25, -0.2) is 4.79 Å². The van der Waals surface area contributed by atoms with Crippen LogP contribution in [0, 0.1) is 0 Å². The lowest BCUT2D eigenvalue weighted by Gasteiger charge is -2.09. The summed E-state index contributed by atoms with van der Waals surface area (Å²) in [6.45, 7) is 1.78. The van der Waals surface area contributed by atoms with Crippen LogP contribution in [0.25, 0.3) is 0 Å². The first-order valence-corrected chi connectivity index (χ1v) is 8.47. The van der Waals surface area contributed by atoms with Gasteiger partial charge >= 0.3 is 5.97 Å². The predicted octanol–water partition coefficient (Wildman–Crippen LogP) is 3.54. The van der Waals surface area contributed by atoms with Crippen LogP contribution in [-0.4, -0.2) is 30.9 Å². The number of carbonyl (C=O) groups excluding carboxylic acids is 3. The molecule has 8 heteroatoms. The van der Waals surface area contributed by atoms with Crippen molar-refractivity contribution in [3.8, 4) is 0 Å². The van der Waals surface area contributed by atoms with Crippen LogP contribution >= 0.6 is 23.2 Å². The van der Waals surface area contributed by atoms with Crippen LogP contribution < -0.4 is 10.6 Å². The first-order valence-electron chi connectivity index (χ1n) is 7.71. The van der Waals surface area contributed by atoms with Crippen LogP contribution in [0.3, 0.4) is 0 Å².